The molecule has 0 bridgehead atoms. The largest absolute Gasteiger partial charge is 0.486 e. The zero-order valence-electron chi connectivity index (χ0n) is 20.0. The SMILES string of the molecule is CC(C)N(C(=O)c1cnc(N2CCCCC2)nc1-c1ccccc1F)c1ccc2c(c1)OCCO2. The van der Waals surface area contributed by atoms with Gasteiger partial charge in [0, 0.05) is 42.6 Å². The van der Waals surface area contributed by atoms with Crippen LogP contribution in [0.1, 0.15) is 43.5 Å². The Balaban J connectivity index is 1.58. The van der Waals surface area contributed by atoms with Crippen molar-refractivity contribution < 1.29 is 18.7 Å². The molecule has 0 N–H and O–H groups in total. The van der Waals surface area contributed by atoms with Gasteiger partial charge >= 0.3 is 0 Å². The standard InChI is InChI=1S/C27H29FN4O3/c1-18(2)32(19-10-11-23-24(16-19)35-15-14-34-23)26(33)21-17-29-27(31-12-6-3-7-13-31)30-25(21)20-8-4-5-9-22(20)28/h4-5,8-11,16-18H,3,6-7,12-15H2,1-2H3. The third-order valence-corrected chi connectivity index (χ3v) is 6.31. The minimum atomic E-state index is -0.430. The molecule has 1 amide bonds. The van der Waals surface area contributed by atoms with Crippen LogP contribution in [0.2, 0.25) is 0 Å². The van der Waals surface area contributed by atoms with E-state index in [1.54, 1.807) is 35.2 Å². The van der Waals surface area contributed by atoms with Crippen LogP contribution < -0.4 is 19.3 Å². The van der Waals surface area contributed by atoms with Crippen LogP contribution in [-0.4, -0.2) is 48.2 Å². The Bertz CT molecular complexity index is 1230. The third kappa shape index (κ3) is 4.65. The Morgan fingerprint density at radius 3 is 2.51 bits per heavy atom. The Kier molecular flexibility index (Phi) is 6.53. The normalized spacial score (nSPS) is 15.3. The fourth-order valence-corrected chi connectivity index (χ4v) is 4.60. The first-order chi connectivity index (χ1) is 17.0. The number of carbonyl (C=O) groups is 1. The van der Waals surface area contributed by atoms with Gasteiger partial charge in [0.25, 0.3) is 5.91 Å². The molecule has 0 spiro atoms. The number of hydrogen-bond donors (Lipinski definition) is 0. The van der Waals surface area contributed by atoms with Crippen LogP contribution in [0.15, 0.2) is 48.7 Å². The summed E-state index contributed by atoms with van der Waals surface area (Å²) in [5.41, 5.74) is 1.49. The van der Waals surface area contributed by atoms with Crippen molar-refractivity contribution in [2.24, 2.45) is 0 Å². The van der Waals surface area contributed by atoms with E-state index in [1.165, 1.54) is 18.7 Å². The van der Waals surface area contributed by atoms with Gasteiger partial charge < -0.3 is 19.3 Å². The summed E-state index contributed by atoms with van der Waals surface area (Å²) in [5, 5.41) is 0. The molecule has 2 aliphatic rings. The van der Waals surface area contributed by atoms with E-state index >= 15 is 0 Å². The summed E-state index contributed by atoms with van der Waals surface area (Å²) in [6.45, 7) is 6.50. The number of carbonyl (C=O) groups excluding carboxylic acids is 1. The van der Waals surface area contributed by atoms with E-state index < -0.39 is 5.82 Å². The predicted molar refractivity (Wildman–Crippen MR) is 133 cm³/mol. The number of hydrogen-bond acceptors (Lipinski definition) is 6. The van der Waals surface area contributed by atoms with Gasteiger partial charge in [0.1, 0.15) is 19.0 Å². The summed E-state index contributed by atoms with van der Waals surface area (Å²) in [4.78, 5) is 27.0. The van der Waals surface area contributed by atoms with Crippen molar-refractivity contribution in [2.75, 3.05) is 36.1 Å². The Morgan fingerprint density at radius 2 is 1.77 bits per heavy atom. The van der Waals surface area contributed by atoms with Gasteiger partial charge in [-0.25, -0.2) is 14.4 Å². The van der Waals surface area contributed by atoms with Gasteiger partial charge in [-0.3, -0.25) is 4.79 Å². The first-order valence-corrected chi connectivity index (χ1v) is 12.1. The maximum absolute atomic E-state index is 14.9. The number of ether oxygens (including phenoxy) is 2. The smallest absolute Gasteiger partial charge is 0.262 e. The molecule has 182 valence electrons. The van der Waals surface area contributed by atoms with Crippen molar-refractivity contribution in [3.05, 3.63) is 60.0 Å². The highest BCUT2D eigenvalue weighted by molar-refractivity contribution is 6.10. The van der Waals surface area contributed by atoms with Gasteiger partial charge in [-0.2, -0.15) is 0 Å². The summed E-state index contributed by atoms with van der Waals surface area (Å²) >= 11 is 0. The fraction of sp³-hybridized carbons (Fsp3) is 0.370. The molecule has 1 saturated heterocycles. The summed E-state index contributed by atoms with van der Waals surface area (Å²) < 4.78 is 26.3. The molecule has 3 heterocycles. The third-order valence-electron chi connectivity index (χ3n) is 6.31. The average molecular weight is 477 g/mol. The second-order valence-electron chi connectivity index (χ2n) is 9.06. The number of amides is 1. The number of halogens is 1. The summed E-state index contributed by atoms with van der Waals surface area (Å²) in [5.74, 6) is 1.03. The second kappa shape index (κ2) is 9.90. The van der Waals surface area contributed by atoms with E-state index in [9.17, 15) is 9.18 Å². The molecule has 8 heteroatoms. The van der Waals surface area contributed by atoms with Crippen molar-refractivity contribution in [1.82, 2.24) is 9.97 Å². The van der Waals surface area contributed by atoms with E-state index in [0.717, 1.165) is 25.9 Å². The van der Waals surface area contributed by atoms with E-state index in [2.05, 4.69) is 9.88 Å². The Labute approximate surface area is 204 Å². The lowest BCUT2D eigenvalue weighted by Gasteiger charge is -2.30. The molecule has 7 nitrogen and oxygen atoms in total. The van der Waals surface area contributed by atoms with E-state index in [-0.39, 0.29) is 23.1 Å². The lowest BCUT2D eigenvalue weighted by molar-refractivity contribution is 0.0980. The minimum Gasteiger partial charge on any atom is -0.486 e. The Morgan fingerprint density at radius 1 is 1.03 bits per heavy atom. The van der Waals surface area contributed by atoms with Gasteiger partial charge in [-0.1, -0.05) is 12.1 Å². The number of aromatic nitrogens is 2. The van der Waals surface area contributed by atoms with Gasteiger partial charge in [0.2, 0.25) is 5.95 Å². The van der Waals surface area contributed by atoms with Crippen LogP contribution in [0.25, 0.3) is 11.3 Å². The van der Waals surface area contributed by atoms with Crippen molar-refractivity contribution in [2.45, 2.75) is 39.2 Å². The molecule has 1 fully saturated rings. The molecule has 0 radical (unpaired) electrons. The van der Waals surface area contributed by atoms with Gasteiger partial charge in [0.15, 0.2) is 11.5 Å². The quantitative estimate of drug-likeness (QED) is 0.511. The van der Waals surface area contributed by atoms with Crippen molar-refractivity contribution in [1.29, 1.82) is 0 Å². The highest BCUT2D eigenvalue weighted by Crippen LogP contribution is 2.36. The highest BCUT2D eigenvalue weighted by Gasteiger charge is 2.28. The fourth-order valence-electron chi connectivity index (χ4n) is 4.60. The van der Waals surface area contributed by atoms with Crippen LogP contribution in [0.5, 0.6) is 11.5 Å². The number of anilines is 2. The molecular formula is C27H29FN4O3. The molecule has 0 aliphatic carbocycles. The van der Waals surface area contributed by atoms with E-state index in [0.29, 0.717) is 42.0 Å². The first-order valence-electron chi connectivity index (χ1n) is 12.1. The topological polar surface area (TPSA) is 67.8 Å². The lowest BCUT2D eigenvalue weighted by Crippen LogP contribution is -2.38. The van der Waals surface area contributed by atoms with Crippen molar-refractivity contribution >= 4 is 17.5 Å². The predicted octanol–water partition coefficient (Wildman–Crippen LogP) is 5.10. The minimum absolute atomic E-state index is 0.180. The van der Waals surface area contributed by atoms with Gasteiger partial charge in [0.05, 0.1) is 11.3 Å². The molecule has 35 heavy (non-hydrogen) atoms. The van der Waals surface area contributed by atoms with Crippen LogP contribution in [0.4, 0.5) is 16.0 Å². The van der Waals surface area contributed by atoms with E-state index in [4.69, 9.17) is 14.5 Å². The molecular weight excluding hydrogens is 447 g/mol. The number of benzene rings is 2. The zero-order valence-corrected chi connectivity index (χ0v) is 20.0. The molecule has 2 aliphatic heterocycles. The number of fused-ring (bicyclic) bond motifs is 1. The zero-order chi connectivity index (χ0) is 24.4. The van der Waals surface area contributed by atoms with Crippen LogP contribution >= 0.6 is 0 Å². The Hall–Kier alpha value is -3.68. The van der Waals surface area contributed by atoms with Crippen LogP contribution in [-0.2, 0) is 0 Å². The molecule has 0 unspecified atom stereocenters. The molecule has 3 aromatic rings. The van der Waals surface area contributed by atoms with E-state index in [1.807, 2.05) is 19.9 Å². The number of rotatable bonds is 5. The van der Waals surface area contributed by atoms with Crippen LogP contribution in [0, 0.1) is 5.82 Å². The summed E-state index contributed by atoms with van der Waals surface area (Å²) in [6, 6.07) is 11.7. The highest BCUT2D eigenvalue weighted by atomic mass is 19.1. The average Bonchev–Trinajstić information content (AvgIpc) is 2.89. The first kappa shape index (κ1) is 23.1. The maximum Gasteiger partial charge on any atom is 0.262 e. The lowest BCUT2D eigenvalue weighted by atomic mass is 10.0. The molecule has 5 rings (SSSR count). The molecule has 0 saturated carbocycles. The molecule has 2 aromatic carbocycles. The van der Waals surface area contributed by atoms with Crippen molar-refractivity contribution in [3.63, 3.8) is 0 Å². The molecule has 0 atom stereocenters. The van der Waals surface area contributed by atoms with Gasteiger partial charge in [-0.15, -0.1) is 0 Å². The van der Waals surface area contributed by atoms with Crippen molar-refractivity contribution in [3.8, 4) is 22.8 Å². The maximum atomic E-state index is 14.9. The summed E-state index contributed by atoms with van der Waals surface area (Å²) in [7, 11) is 0. The summed E-state index contributed by atoms with van der Waals surface area (Å²) in [6.07, 6.45) is 4.83. The van der Waals surface area contributed by atoms with Crippen LogP contribution in [0.3, 0.4) is 0 Å². The monoisotopic (exact) mass is 476 g/mol. The number of piperidine rings is 1. The molecule has 1 aromatic heterocycles. The second-order valence-corrected chi connectivity index (χ2v) is 9.06. The number of nitrogens with zero attached hydrogens (tertiary/aromatic N) is 4. The van der Waals surface area contributed by atoms with Gasteiger partial charge in [-0.05, 0) is 57.4 Å².